The fraction of sp³-hybridized carbons (Fsp3) is 1.00. The zero-order valence-electron chi connectivity index (χ0n) is 11.2. The summed E-state index contributed by atoms with van der Waals surface area (Å²) in [6, 6.07) is 0. The zero-order chi connectivity index (χ0) is 12.0. The molecule has 0 aliphatic heterocycles. The molecule has 3 unspecified atom stereocenters. The first-order valence-electron chi connectivity index (χ1n) is 7.00. The average molecular weight is 227 g/mol. The standard InChI is InChI=1S/C14H29NO/c1-11(2)14(16)8-9-15-10-13-7-5-4-6-12(13)3/h11-16H,4-10H2,1-3H3. The summed E-state index contributed by atoms with van der Waals surface area (Å²) in [4.78, 5) is 0. The molecule has 0 heterocycles. The Morgan fingerprint density at radius 2 is 1.94 bits per heavy atom. The van der Waals surface area contributed by atoms with Gasteiger partial charge in [-0.25, -0.2) is 0 Å². The van der Waals surface area contributed by atoms with Gasteiger partial charge in [0.15, 0.2) is 0 Å². The first-order valence-corrected chi connectivity index (χ1v) is 7.00. The van der Waals surface area contributed by atoms with Crippen molar-refractivity contribution in [3.05, 3.63) is 0 Å². The summed E-state index contributed by atoms with van der Waals surface area (Å²) in [5.74, 6) is 2.14. The predicted octanol–water partition coefficient (Wildman–Crippen LogP) is 2.81. The smallest absolute Gasteiger partial charge is 0.0575 e. The molecule has 1 aliphatic rings. The van der Waals surface area contributed by atoms with Crippen LogP contribution in [0.3, 0.4) is 0 Å². The van der Waals surface area contributed by atoms with E-state index in [1.165, 1.54) is 25.7 Å². The Kier molecular flexibility index (Phi) is 6.37. The minimum atomic E-state index is -0.142. The number of hydrogen-bond donors (Lipinski definition) is 2. The Hall–Kier alpha value is -0.0800. The van der Waals surface area contributed by atoms with E-state index in [2.05, 4.69) is 26.1 Å². The molecule has 0 amide bonds. The lowest BCUT2D eigenvalue weighted by Crippen LogP contribution is -2.31. The molecule has 0 spiro atoms. The van der Waals surface area contributed by atoms with Crippen molar-refractivity contribution in [3.8, 4) is 0 Å². The molecule has 0 aromatic rings. The highest BCUT2D eigenvalue weighted by Gasteiger charge is 2.20. The number of nitrogens with one attached hydrogen (secondary N) is 1. The minimum absolute atomic E-state index is 0.142. The van der Waals surface area contributed by atoms with Crippen LogP contribution in [0.25, 0.3) is 0 Å². The molecule has 2 heteroatoms. The van der Waals surface area contributed by atoms with E-state index in [0.717, 1.165) is 31.3 Å². The molecule has 1 fully saturated rings. The number of rotatable bonds is 6. The molecule has 0 aromatic heterocycles. The van der Waals surface area contributed by atoms with Gasteiger partial charge in [0.05, 0.1) is 6.10 Å². The van der Waals surface area contributed by atoms with Gasteiger partial charge in [-0.15, -0.1) is 0 Å². The van der Waals surface area contributed by atoms with E-state index in [9.17, 15) is 5.11 Å². The number of aliphatic hydroxyl groups is 1. The van der Waals surface area contributed by atoms with E-state index in [1.807, 2.05) is 0 Å². The topological polar surface area (TPSA) is 32.3 Å². The van der Waals surface area contributed by atoms with Crippen molar-refractivity contribution in [3.63, 3.8) is 0 Å². The van der Waals surface area contributed by atoms with Gasteiger partial charge >= 0.3 is 0 Å². The van der Waals surface area contributed by atoms with Crippen molar-refractivity contribution >= 4 is 0 Å². The van der Waals surface area contributed by atoms with E-state index in [0.29, 0.717) is 5.92 Å². The zero-order valence-corrected chi connectivity index (χ0v) is 11.2. The monoisotopic (exact) mass is 227 g/mol. The Labute approximate surface area is 101 Å². The second-order valence-electron chi connectivity index (χ2n) is 5.83. The van der Waals surface area contributed by atoms with Gasteiger partial charge in [-0.05, 0) is 43.7 Å². The van der Waals surface area contributed by atoms with Gasteiger partial charge < -0.3 is 10.4 Å². The van der Waals surface area contributed by atoms with Crippen LogP contribution in [0.4, 0.5) is 0 Å². The van der Waals surface area contributed by atoms with Gasteiger partial charge in [-0.2, -0.15) is 0 Å². The van der Waals surface area contributed by atoms with Crippen molar-refractivity contribution in [2.75, 3.05) is 13.1 Å². The summed E-state index contributed by atoms with van der Waals surface area (Å²) in [6.45, 7) is 8.64. The van der Waals surface area contributed by atoms with Crippen molar-refractivity contribution in [2.45, 2.75) is 59.0 Å². The van der Waals surface area contributed by atoms with Gasteiger partial charge in [0.2, 0.25) is 0 Å². The highest BCUT2D eigenvalue weighted by atomic mass is 16.3. The molecule has 0 aromatic carbocycles. The van der Waals surface area contributed by atoms with Gasteiger partial charge in [0, 0.05) is 0 Å². The molecule has 16 heavy (non-hydrogen) atoms. The van der Waals surface area contributed by atoms with Crippen molar-refractivity contribution in [2.24, 2.45) is 17.8 Å². The molecule has 96 valence electrons. The molecule has 2 N–H and O–H groups in total. The first-order chi connectivity index (χ1) is 7.61. The quantitative estimate of drug-likeness (QED) is 0.684. The molecule has 0 radical (unpaired) electrons. The lowest BCUT2D eigenvalue weighted by molar-refractivity contribution is 0.115. The average Bonchev–Trinajstić information content (AvgIpc) is 2.26. The van der Waals surface area contributed by atoms with Crippen LogP contribution in [0.15, 0.2) is 0 Å². The van der Waals surface area contributed by atoms with Crippen LogP contribution < -0.4 is 5.32 Å². The van der Waals surface area contributed by atoms with Gasteiger partial charge in [0.25, 0.3) is 0 Å². The SMILES string of the molecule is CC(C)C(O)CCNCC1CCCCC1C. The van der Waals surface area contributed by atoms with Crippen LogP contribution in [0.1, 0.15) is 52.9 Å². The van der Waals surface area contributed by atoms with E-state index in [4.69, 9.17) is 0 Å². The van der Waals surface area contributed by atoms with Crippen LogP contribution in [0, 0.1) is 17.8 Å². The molecule has 0 bridgehead atoms. The van der Waals surface area contributed by atoms with E-state index in [1.54, 1.807) is 0 Å². The van der Waals surface area contributed by atoms with E-state index in [-0.39, 0.29) is 6.10 Å². The maximum Gasteiger partial charge on any atom is 0.0575 e. The van der Waals surface area contributed by atoms with Gasteiger partial charge in [-0.1, -0.05) is 40.0 Å². The summed E-state index contributed by atoms with van der Waals surface area (Å²) in [7, 11) is 0. The molecule has 3 atom stereocenters. The minimum Gasteiger partial charge on any atom is -0.393 e. The Bertz CT molecular complexity index is 182. The van der Waals surface area contributed by atoms with Crippen molar-refractivity contribution in [1.82, 2.24) is 5.32 Å². The first kappa shape index (κ1) is 14.0. The predicted molar refractivity (Wildman–Crippen MR) is 69.5 cm³/mol. The summed E-state index contributed by atoms with van der Waals surface area (Å²) < 4.78 is 0. The van der Waals surface area contributed by atoms with Crippen LogP contribution in [0.2, 0.25) is 0 Å². The van der Waals surface area contributed by atoms with Gasteiger partial charge in [-0.3, -0.25) is 0 Å². The summed E-state index contributed by atoms with van der Waals surface area (Å²) in [5.41, 5.74) is 0. The Morgan fingerprint density at radius 3 is 2.56 bits per heavy atom. The van der Waals surface area contributed by atoms with E-state index >= 15 is 0 Å². The molecular weight excluding hydrogens is 198 g/mol. The summed E-state index contributed by atoms with van der Waals surface area (Å²) >= 11 is 0. The van der Waals surface area contributed by atoms with Crippen LogP contribution in [-0.2, 0) is 0 Å². The van der Waals surface area contributed by atoms with Crippen LogP contribution in [0.5, 0.6) is 0 Å². The fourth-order valence-corrected chi connectivity index (χ4v) is 2.57. The Morgan fingerprint density at radius 1 is 1.25 bits per heavy atom. The second kappa shape index (κ2) is 7.29. The van der Waals surface area contributed by atoms with Crippen LogP contribution >= 0.6 is 0 Å². The Balaban J connectivity index is 2.06. The summed E-state index contributed by atoms with van der Waals surface area (Å²) in [5, 5.41) is 13.2. The lowest BCUT2D eigenvalue weighted by atomic mass is 9.80. The second-order valence-corrected chi connectivity index (χ2v) is 5.83. The fourth-order valence-electron chi connectivity index (χ4n) is 2.57. The molecule has 2 nitrogen and oxygen atoms in total. The third-order valence-electron chi connectivity index (χ3n) is 4.08. The highest BCUT2D eigenvalue weighted by molar-refractivity contribution is 4.74. The molecule has 1 aliphatic carbocycles. The number of aliphatic hydroxyl groups excluding tert-OH is 1. The third kappa shape index (κ3) is 4.84. The third-order valence-corrected chi connectivity index (χ3v) is 4.08. The number of hydrogen-bond acceptors (Lipinski definition) is 2. The maximum absolute atomic E-state index is 9.68. The normalized spacial score (nSPS) is 28.3. The molecule has 0 saturated heterocycles. The van der Waals surface area contributed by atoms with Crippen molar-refractivity contribution in [1.29, 1.82) is 0 Å². The van der Waals surface area contributed by atoms with E-state index < -0.39 is 0 Å². The summed E-state index contributed by atoms with van der Waals surface area (Å²) in [6.07, 6.45) is 6.37. The molecular formula is C14H29NO. The highest BCUT2D eigenvalue weighted by Crippen LogP contribution is 2.28. The maximum atomic E-state index is 9.68. The van der Waals surface area contributed by atoms with Gasteiger partial charge in [0.1, 0.15) is 0 Å². The largest absolute Gasteiger partial charge is 0.393 e. The van der Waals surface area contributed by atoms with Crippen molar-refractivity contribution < 1.29 is 5.11 Å². The lowest BCUT2D eigenvalue weighted by Gasteiger charge is -2.29. The molecule has 1 saturated carbocycles. The van der Waals surface area contributed by atoms with Crippen LogP contribution in [-0.4, -0.2) is 24.3 Å². The molecule has 1 rings (SSSR count).